The van der Waals surface area contributed by atoms with Gasteiger partial charge in [-0.2, -0.15) is 38.4 Å². The molecule has 0 saturated carbocycles. The number of thiol groups is 2. The molecule has 0 unspecified atom stereocenters. The van der Waals surface area contributed by atoms with Gasteiger partial charge in [0.15, 0.2) is 0 Å². The van der Waals surface area contributed by atoms with Gasteiger partial charge in [0.25, 0.3) is 0 Å². The maximum Gasteiger partial charge on any atom is 0.450 e. The molecule has 6 heteroatoms. The standard InChI is InChI=1S/C4H5F3OS2/c5-4(6,7)2(8)1-3(9)10/h3,9-10H,1H2. The highest BCUT2D eigenvalue weighted by Gasteiger charge is 2.38. The predicted octanol–water partition coefficient (Wildman–Crippen LogP) is 1.69. The van der Waals surface area contributed by atoms with Crippen LogP contribution >= 0.6 is 25.3 Å². The first-order valence-electron chi connectivity index (χ1n) is 2.30. The van der Waals surface area contributed by atoms with Gasteiger partial charge in [-0.3, -0.25) is 4.79 Å². The van der Waals surface area contributed by atoms with Gasteiger partial charge in [-0.15, -0.1) is 0 Å². The summed E-state index contributed by atoms with van der Waals surface area (Å²) in [5, 5.41) is 0. The number of halogens is 3. The van der Waals surface area contributed by atoms with Crippen LogP contribution in [0.15, 0.2) is 0 Å². The lowest BCUT2D eigenvalue weighted by atomic mass is 10.3. The molecule has 0 radical (unpaired) electrons. The molecule has 0 aliphatic carbocycles. The van der Waals surface area contributed by atoms with Crippen molar-refractivity contribution in [1.29, 1.82) is 0 Å². The molecule has 0 rings (SSSR count). The molecule has 0 amide bonds. The maximum absolute atomic E-state index is 11.4. The van der Waals surface area contributed by atoms with Crippen molar-refractivity contribution in [1.82, 2.24) is 0 Å². The van der Waals surface area contributed by atoms with Gasteiger partial charge in [0.1, 0.15) is 0 Å². The molecule has 0 aliphatic rings. The summed E-state index contributed by atoms with van der Waals surface area (Å²) >= 11 is 7.03. The summed E-state index contributed by atoms with van der Waals surface area (Å²) in [6, 6.07) is 0. The second kappa shape index (κ2) is 3.52. The Morgan fingerprint density at radius 3 is 1.90 bits per heavy atom. The molecule has 0 N–H and O–H groups in total. The van der Waals surface area contributed by atoms with E-state index in [1.54, 1.807) is 0 Å². The van der Waals surface area contributed by atoms with Crippen LogP contribution < -0.4 is 0 Å². The Hall–Kier alpha value is 0.160. The molecule has 0 heterocycles. The lowest BCUT2D eigenvalue weighted by Gasteiger charge is -2.05. The molecule has 0 spiro atoms. The molecule has 0 aliphatic heterocycles. The lowest BCUT2D eigenvalue weighted by Crippen LogP contribution is -2.24. The number of carbonyl (C=O) groups excluding carboxylic acids is 1. The maximum atomic E-state index is 11.4. The summed E-state index contributed by atoms with van der Waals surface area (Å²) in [6.45, 7) is 0. The molecule has 0 saturated heterocycles. The Labute approximate surface area is 66.8 Å². The summed E-state index contributed by atoms with van der Waals surface area (Å²) in [7, 11) is 0. The van der Waals surface area contributed by atoms with Gasteiger partial charge in [0.2, 0.25) is 5.78 Å². The van der Waals surface area contributed by atoms with Gasteiger partial charge in [-0.1, -0.05) is 0 Å². The van der Waals surface area contributed by atoms with Gasteiger partial charge >= 0.3 is 6.18 Å². The van der Waals surface area contributed by atoms with Crippen molar-refractivity contribution in [3.63, 3.8) is 0 Å². The molecule has 0 aromatic rings. The topological polar surface area (TPSA) is 17.1 Å². The van der Waals surface area contributed by atoms with Crippen molar-refractivity contribution < 1.29 is 18.0 Å². The fraction of sp³-hybridized carbons (Fsp3) is 0.750. The van der Waals surface area contributed by atoms with Crippen LogP contribution in [0.1, 0.15) is 6.42 Å². The predicted molar refractivity (Wildman–Crippen MR) is 37.4 cm³/mol. The third-order valence-corrected chi connectivity index (χ3v) is 1.05. The van der Waals surface area contributed by atoms with Crippen molar-refractivity contribution in [2.24, 2.45) is 0 Å². The normalized spacial score (nSPS) is 12.2. The summed E-state index contributed by atoms with van der Waals surface area (Å²) in [5.41, 5.74) is 0. The minimum atomic E-state index is -4.75. The zero-order valence-corrected chi connectivity index (χ0v) is 6.51. The van der Waals surface area contributed by atoms with E-state index < -0.39 is 23.0 Å². The van der Waals surface area contributed by atoms with E-state index in [9.17, 15) is 18.0 Å². The Morgan fingerprint density at radius 1 is 1.40 bits per heavy atom. The number of Topliss-reactive ketones (excluding diaryl/α,β-unsaturated/α-hetero) is 1. The summed E-state index contributed by atoms with van der Waals surface area (Å²) in [5.74, 6) is -1.79. The summed E-state index contributed by atoms with van der Waals surface area (Å²) in [6.07, 6.45) is -5.43. The van der Waals surface area contributed by atoms with Gasteiger partial charge in [0, 0.05) is 6.42 Å². The largest absolute Gasteiger partial charge is 0.450 e. The minimum absolute atomic E-state index is 0.685. The summed E-state index contributed by atoms with van der Waals surface area (Å²) in [4.78, 5) is 10.1. The monoisotopic (exact) mass is 190 g/mol. The zero-order chi connectivity index (χ0) is 8.36. The van der Waals surface area contributed by atoms with Gasteiger partial charge in [-0.05, 0) is 0 Å². The Morgan fingerprint density at radius 2 is 1.80 bits per heavy atom. The van der Waals surface area contributed by atoms with Crippen LogP contribution in [0.2, 0.25) is 0 Å². The van der Waals surface area contributed by atoms with E-state index in [1.165, 1.54) is 0 Å². The molecule has 60 valence electrons. The van der Waals surface area contributed by atoms with Crippen molar-refractivity contribution >= 4 is 31.0 Å². The number of alkyl halides is 3. The van der Waals surface area contributed by atoms with Crippen molar-refractivity contribution in [2.45, 2.75) is 17.2 Å². The third-order valence-electron chi connectivity index (χ3n) is 0.684. The molecule has 0 aromatic carbocycles. The molecular formula is C4H5F3OS2. The smallest absolute Gasteiger partial charge is 0.290 e. The van der Waals surface area contributed by atoms with E-state index in [-0.39, 0.29) is 0 Å². The number of hydrogen-bond donors (Lipinski definition) is 2. The van der Waals surface area contributed by atoms with Gasteiger partial charge in [-0.25, -0.2) is 0 Å². The summed E-state index contributed by atoms with van der Waals surface area (Å²) < 4.78 is 33.3. The molecule has 0 atom stereocenters. The van der Waals surface area contributed by atoms with Gasteiger partial charge in [0.05, 0.1) is 4.58 Å². The highest BCUT2D eigenvalue weighted by molar-refractivity contribution is 7.99. The molecule has 0 aromatic heterocycles. The molecule has 10 heavy (non-hydrogen) atoms. The fourth-order valence-corrected chi connectivity index (χ4v) is 0.613. The van der Waals surface area contributed by atoms with Crippen molar-refractivity contribution in [3.05, 3.63) is 0 Å². The van der Waals surface area contributed by atoms with Crippen LogP contribution in [-0.2, 0) is 4.79 Å². The highest BCUT2D eigenvalue weighted by atomic mass is 32.2. The first-order valence-corrected chi connectivity index (χ1v) is 3.33. The SMILES string of the molecule is O=C(CC(S)S)C(F)(F)F. The van der Waals surface area contributed by atoms with Crippen LogP contribution in [0.25, 0.3) is 0 Å². The Balaban J connectivity index is 3.87. The zero-order valence-electron chi connectivity index (χ0n) is 4.72. The Bertz CT molecular complexity index is 131. The second-order valence-corrected chi connectivity index (χ2v) is 3.26. The van der Waals surface area contributed by atoms with E-state index in [2.05, 4.69) is 25.3 Å². The van der Waals surface area contributed by atoms with Crippen LogP contribution in [0.5, 0.6) is 0 Å². The molecule has 0 fully saturated rings. The van der Waals surface area contributed by atoms with Crippen molar-refractivity contribution in [3.8, 4) is 0 Å². The number of hydrogen-bond acceptors (Lipinski definition) is 3. The average Bonchev–Trinajstić information content (AvgIpc) is 1.60. The first-order chi connectivity index (χ1) is 4.34. The molecular weight excluding hydrogens is 185 g/mol. The number of carbonyl (C=O) groups is 1. The van der Waals surface area contributed by atoms with Gasteiger partial charge < -0.3 is 0 Å². The number of rotatable bonds is 2. The number of ketones is 1. The minimum Gasteiger partial charge on any atom is -0.290 e. The Kier molecular flexibility index (Phi) is 3.58. The quantitative estimate of drug-likeness (QED) is 0.500. The fourth-order valence-electron chi connectivity index (χ4n) is 0.282. The van der Waals surface area contributed by atoms with E-state index in [0.29, 0.717) is 0 Å². The van der Waals surface area contributed by atoms with Crippen molar-refractivity contribution in [2.75, 3.05) is 0 Å². The average molecular weight is 190 g/mol. The van der Waals surface area contributed by atoms with E-state index in [0.717, 1.165) is 0 Å². The van der Waals surface area contributed by atoms with Crippen LogP contribution in [0, 0.1) is 0 Å². The van der Waals surface area contributed by atoms with E-state index >= 15 is 0 Å². The van der Waals surface area contributed by atoms with E-state index in [1.807, 2.05) is 0 Å². The highest BCUT2D eigenvalue weighted by Crippen LogP contribution is 2.20. The third kappa shape index (κ3) is 4.05. The second-order valence-electron chi connectivity index (χ2n) is 1.61. The molecule has 1 nitrogen and oxygen atoms in total. The van der Waals surface area contributed by atoms with Crippen LogP contribution in [0.3, 0.4) is 0 Å². The molecule has 0 bridgehead atoms. The van der Waals surface area contributed by atoms with Crippen LogP contribution in [0.4, 0.5) is 13.2 Å². The van der Waals surface area contributed by atoms with E-state index in [4.69, 9.17) is 0 Å². The first kappa shape index (κ1) is 10.2. The lowest BCUT2D eigenvalue weighted by molar-refractivity contribution is -0.170. The van der Waals surface area contributed by atoms with Crippen LogP contribution in [-0.4, -0.2) is 16.5 Å².